The highest BCUT2D eigenvalue weighted by Gasteiger charge is 2.12. The van der Waals surface area contributed by atoms with E-state index in [1.165, 1.54) is 4.90 Å². The van der Waals surface area contributed by atoms with E-state index in [-0.39, 0.29) is 6.42 Å². The number of hydrogen-bond acceptors (Lipinski definition) is 4. The first-order valence-electron chi connectivity index (χ1n) is 5.86. The molecule has 1 aromatic carbocycles. The Labute approximate surface area is 111 Å². The van der Waals surface area contributed by atoms with Crippen molar-refractivity contribution in [3.05, 3.63) is 36.5 Å². The minimum atomic E-state index is -0.492. The first-order valence-corrected chi connectivity index (χ1v) is 5.86. The van der Waals surface area contributed by atoms with Crippen LogP contribution in [0.1, 0.15) is 6.42 Å². The van der Waals surface area contributed by atoms with E-state index in [4.69, 9.17) is 10.00 Å². The predicted molar refractivity (Wildman–Crippen MR) is 70.6 cm³/mol. The second-order valence-electron chi connectivity index (χ2n) is 4.03. The first-order chi connectivity index (χ1) is 9.22. The van der Waals surface area contributed by atoms with E-state index in [1.807, 2.05) is 30.3 Å². The molecule has 0 radical (unpaired) electrons. The van der Waals surface area contributed by atoms with Crippen molar-refractivity contribution in [1.29, 1.82) is 5.26 Å². The standard InChI is InChI=1S/C14H13N3O2/c1-17(10-4-8-15)14(18)19-12-7-2-5-11-6-3-9-16-13(11)12/h2-3,5-7,9H,4,10H2,1H3. The largest absolute Gasteiger partial charge is 0.415 e. The van der Waals surface area contributed by atoms with E-state index in [9.17, 15) is 4.79 Å². The normalized spacial score (nSPS) is 9.89. The predicted octanol–water partition coefficient (Wildman–Crippen LogP) is 2.58. The maximum absolute atomic E-state index is 11.8. The summed E-state index contributed by atoms with van der Waals surface area (Å²) in [5.74, 6) is 0.423. The molecule has 5 nitrogen and oxygen atoms in total. The zero-order valence-corrected chi connectivity index (χ0v) is 10.5. The van der Waals surface area contributed by atoms with Gasteiger partial charge in [0.15, 0.2) is 5.75 Å². The monoisotopic (exact) mass is 255 g/mol. The van der Waals surface area contributed by atoms with Crippen molar-refractivity contribution in [1.82, 2.24) is 9.88 Å². The van der Waals surface area contributed by atoms with Crippen molar-refractivity contribution in [2.24, 2.45) is 0 Å². The van der Waals surface area contributed by atoms with Crippen LogP contribution in [0.5, 0.6) is 5.75 Å². The summed E-state index contributed by atoms with van der Waals surface area (Å²) in [6.45, 7) is 0.341. The number of benzene rings is 1. The van der Waals surface area contributed by atoms with E-state index in [1.54, 1.807) is 19.3 Å². The van der Waals surface area contributed by atoms with E-state index in [2.05, 4.69) is 4.98 Å². The number of fused-ring (bicyclic) bond motifs is 1. The number of aromatic nitrogens is 1. The fourth-order valence-corrected chi connectivity index (χ4v) is 1.64. The lowest BCUT2D eigenvalue weighted by molar-refractivity contribution is 0.164. The number of nitrogens with zero attached hydrogens (tertiary/aromatic N) is 3. The molecule has 1 heterocycles. The van der Waals surface area contributed by atoms with Crippen LogP contribution in [-0.4, -0.2) is 29.6 Å². The molecule has 0 unspecified atom stereocenters. The van der Waals surface area contributed by atoms with Crippen LogP contribution in [-0.2, 0) is 0 Å². The second kappa shape index (κ2) is 5.83. The third-order valence-corrected chi connectivity index (χ3v) is 2.66. The van der Waals surface area contributed by atoms with Crippen LogP contribution in [0.25, 0.3) is 10.9 Å². The maximum Gasteiger partial charge on any atom is 0.415 e. The molecule has 5 heteroatoms. The summed E-state index contributed by atoms with van der Waals surface area (Å²) in [5.41, 5.74) is 0.645. The van der Waals surface area contributed by atoms with Crippen molar-refractivity contribution < 1.29 is 9.53 Å². The molecule has 0 aliphatic heterocycles. The van der Waals surface area contributed by atoms with E-state index >= 15 is 0 Å². The molecule has 0 saturated carbocycles. The Morgan fingerprint density at radius 2 is 2.21 bits per heavy atom. The third kappa shape index (κ3) is 2.99. The van der Waals surface area contributed by atoms with Crippen LogP contribution in [0.4, 0.5) is 4.79 Å². The number of pyridine rings is 1. The van der Waals surface area contributed by atoms with E-state index in [0.717, 1.165) is 5.39 Å². The summed E-state index contributed by atoms with van der Waals surface area (Å²) in [4.78, 5) is 17.4. The molecular formula is C14H13N3O2. The fraction of sp³-hybridized carbons (Fsp3) is 0.214. The highest BCUT2D eigenvalue weighted by Crippen LogP contribution is 2.23. The van der Waals surface area contributed by atoms with Gasteiger partial charge in [-0.15, -0.1) is 0 Å². The molecule has 0 saturated heterocycles. The second-order valence-corrected chi connectivity index (χ2v) is 4.03. The van der Waals surface area contributed by atoms with Crippen LogP contribution in [0.2, 0.25) is 0 Å². The number of ether oxygens (including phenoxy) is 1. The van der Waals surface area contributed by atoms with Crippen LogP contribution in [0, 0.1) is 11.3 Å². The van der Waals surface area contributed by atoms with Gasteiger partial charge in [-0.3, -0.25) is 4.98 Å². The molecule has 0 N–H and O–H groups in total. The van der Waals surface area contributed by atoms with Crippen LogP contribution in [0.3, 0.4) is 0 Å². The van der Waals surface area contributed by atoms with Crippen LogP contribution >= 0.6 is 0 Å². The van der Waals surface area contributed by atoms with Gasteiger partial charge in [0.1, 0.15) is 5.52 Å². The smallest absolute Gasteiger partial charge is 0.408 e. The lowest BCUT2D eigenvalue weighted by Gasteiger charge is -2.15. The van der Waals surface area contributed by atoms with Crippen LogP contribution in [0.15, 0.2) is 36.5 Å². The SMILES string of the molecule is CN(CCC#N)C(=O)Oc1cccc2cccnc12. The molecule has 2 rings (SSSR count). The average Bonchev–Trinajstić information content (AvgIpc) is 2.45. The summed E-state index contributed by atoms with van der Waals surface area (Å²) < 4.78 is 5.30. The summed E-state index contributed by atoms with van der Waals surface area (Å²) in [7, 11) is 1.60. The minimum Gasteiger partial charge on any atom is -0.408 e. The topological polar surface area (TPSA) is 66.2 Å². The first kappa shape index (κ1) is 12.8. The van der Waals surface area contributed by atoms with Gasteiger partial charge in [-0.1, -0.05) is 18.2 Å². The van der Waals surface area contributed by atoms with Gasteiger partial charge in [0.05, 0.1) is 12.5 Å². The Balaban J connectivity index is 2.18. The van der Waals surface area contributed by atoms with Gasteiger partial charge in [-0.2, -0.15) is 5.26 Å². The Morgan fingerprint density at radius 3 is 3.00 bits per heavy atom. The number of para-hydroxylation sites is 1. The third-order valence-electron chi connectivity index (χ3n) is 2.66. The summed E-state index contributed by atoms with van der Waals surface area (Å²) in [5, 5.41) is 9.40. The number of hydrogen-bond donors (Lipinski definition) is 0. The van der Waals surface area contributed by atoms with Crippen molar-refractivity contribution in [3.63, 3.8) is 0 Å². The van der Waals surface area contributed by atoms with Gasteiger partial charge in [0, 0.05) is 25.2 Å². The van der Waals surface area contributed by atoms with E-state index in [0.29, 0.717) is 17.8 Å². The van der Waals surface area contributed by atoms with Crippen LogP contribution < -0.4 is 4.74 Å². The van der Waals surface area contributed by atoms with Gasteiger partial charge >= 0.3 is 6.09 Å². The van der Waals surface area contributed by atoms with Gasteiger partial charge < -0.3 is 9.64 Å². The van der Waals surface area contributed by atoms with Crippen molar-refractivity contribution in [2.45, 2.75) is 6.42 Å². The number of nitriles is 1. The quantitative estimate of drug-likeness (QED) is 0.845. The molecular weight excluding hydrogens is 242 g/mol. The molecule has 19 heavy (non-hydrogen) atoms. The Hall–Kier alpha value is -2.61. The Kier molecular flexibility index (Phi) is 3.94. The van der Waals surface area contributed by atoms with Gasteiger partial charge in [-0.25, -0.2) is 4.79 Å². The molecule has 0 fully saturated rings. The number of carbonyl (C=O) groups excluding carboxylic acids is 1. The molecule has 1 aromatic heterocycles. The molecule has 96 valence electrons. The lowest BCUT2D eigenvalue weighted by Crippen LogP contribution is -2.30. The highest BCUT2D eigenvalue weighted by molar-refractivity contribution is 5.86. The number of amides is 1. The van der Waals surface area contributed by atoms with Crippen molar-refractivity contribution in [3.8, 4) is 11.8 Å². The zero-order valence-electron chi connectivity index (χ0n) is 10.5. The van der Waals surface area contributed by atoms with Crippen molar-refractivity contribution >= 4 is 17.0 Å². The number of rotatable bonds is 3. The summed E-state index contributed by atoms with van der Waals surface area (Å²) in [6, 6.07) is 11.1. The summed E-state index contributed by atoms with van der Waals surface area (Å²) in [6.07, 6.45) is 1.44. The van der Waals surface area contributed by atoms with E-state index < -0.39 is 6.09 Å². The molecule has 0 atom stereocenters. The fourth-order valence-electron chi connectivity index (χ4n) is 1.64. The molecule has 0 spiro atoms. The molecule has 0 bridgehead atoms. The van der Waals surface area contributed by atoms with Gasteiger partial charge in [-0.05, 0) is 12.1 Å². The molecule has 0 aliphatic rings. The highest BCUT2D eigenvalue weighted by atomic mass is 16.6. The molecule has 1 amide bonds. The molecule has 0 aliphatic carbocycles. The Morgan fingerprint density at radius 1 is 1.42 bits per heavy atom. The van der Waals surface area contributed by atoms with Gasteiger partial charge in [0.2, 0.25) is 0 Å². The van der Waals surface area contributed by atoms with Gasteiger partial charge in [0.25, 0.3) is 0 Å². The maximum atomic E-state index is 11.8. The minimum absolute atomic E-state index is 0.277. The summed E-state index contributed by atoms with van der Waals surface area (Å²) >= 11 is 0. The number of carbonyl (C=O) groups is 1. The molecule has 2 aromatic rings. The lowest BCUT2D eigenvalue weighted by atomic mass is 10.2. The Bertz CT molecular complexity index is 629. The average molecular weight is 255 g/mol. The van der Waals surface area contributed by atoms with Crippen molar-refractivity contribution in [2.75, 3.05) is 13.6 Å². The zero-order chi connectivity index (χ0) is 13.7.